The normalized spacial score (nSPS) is 10.2. The first kappa shape index (κ1) is 12.5. The number of amides is 1. The fraction of sp³-hybridized carbons (Fsp3) is 0. The van der Waals surface area contributed by atoms with E-state index in [9.17, 15) is 4.79 Å². The van der Waals surface area contributed by atoms with E-state index in [1.807, 2.05) is 35.7 Å². The molecule has 3 aromatic heterocycles. The van der Waals surface area contributed by atoms with Crippen LogP contribution in [0.2, 0.25) is 0 Å². The number of pyridine rings is 2. The van der Waals surface area contributed by atoms with E-state index in [0.717, 1.165) is 10.6 Å². The third kappa shape index (κ3) is 2.73. The maximum Gasteiger partial charge on any atom is 0.275 e. The quantitative estimate of drug-likeness (QED) is 0.800. The number of nitrogens with one attached hydrogen (secondary N) is 1. The summed E-state index contributed by atoms with van der Waals surface area (Å²) in [5.74, 6) is 0.253. The van der Waals surface area contributed by atoms with E-state index >= 15 is 0 Å². The first-order valence-corrected chi connectivity index (χ1v) is 6.94. The fourth-order valence-corrected chi connectivity index (χ4v) is 2.44. The van der Waals surface area contributed by atoms with Crippen molar-refractivity contribution in [1.82, 2.24) is 9.97 Å². The molecular weight excluding hydrogens is 270 g/mol. The van der Waals surface area contributed by atoms with E-state index in [4.69, 9.17) is 0 Å². The highest BCUT2D eigenvalue weighted by Crippen LogP contribution is 2.22. The van der Waals surface area contributed by atoms with Gasteiger partial charge in [0.1, 0.15) is 11.5 Å². The largest absolute Gasteiger partial charge is 0.305 e. The van der Waals surface area contributed by atoms with Gasteiger partial charge >= 0.3 is 0 Å². The summed E-state index contributed by atoms with van der Waals surface area (Å²) in [6.45, 7) is 0. The molecule has 3 heterocycles. The Labute approximate surface area is 120 Å². The van der Waals surface area contributed by atoms with Gasteiger partial charge in [-0.25, -0.2) is 9.97 Å². The van der Waals surface area contributed by atoms with E-state index in [1.54, 1.807) is 35.7 Å². The van der Waals surface area contributed by atoms with Crippen LogP contribution in [0.25, 0.3) is 10.6 Å². The second-order valence-corrected chi connectivity index (χ2v) is 5.00. The van der Waals surface area contributed by atoms with Crippen molar-refractivity contribution >= 4 is 23.1 Å². The molecule has 0 spiro atoms. The molecule has 20 heavy (non-hydrogen) atoms. The molecule has 0 saturated carbocycles. The van der Waals surface area contributed by atoms with Gasteiger partial charge in [0.25, 0.3) is 5.91 Å². The van der Waals surface area contributed by atoms with Gasteiger partial charge in [0.2, 0.25) is 0 Å². The van der Waals surface area contributed by atoms with Crippen molar-refractivity contribution in [2.75, 3.05) is 5.32 Å². The average Bonchev–Trinajstić information content (AvgIpc) is 3.03. The molecule has 0 aliphatic carbocycles. The predicted octanol–water partition coefficient (Wildman–Crippen LogP) is 3.46. The molecule has 1 N–H and O–H groups in total. The van der Waals surface area contributed by atoms with Crippen LogP contribution in [0.1, 0.15) is 10.5 Å². The van der Waals surface area contributed by atoms with Gasteiger partial charge in [-0.05, 0) is 35.7 Å². The van der Waals surface area contributed by atoms with Gasteiger partial charge in [-0.15, -0.1) is 11.3 Å². The Morgan fingerprint density at radius 3 is 2.75 bits per heavy atom. The molecular formula is C15H11N3OS. The number of aromatic nitrogens is 2. The van der Waals surface area contributed by atoms with Crippen molar-refractivity contribution in [1.29, 1.82) is 0 Å². The van der Waals surface area contributed by atoms with Gasteiger partial charge in [0.05, 0.1) is 10.6 Å². The molecule has 0 aliphatic heterocycles. The minimum absolute atomic E-state index is 0.262. The highest BCUT2D eigenvalue weighted by atomic mass is 32.1. The fourth-order valence-electron chi connectivity index (χ4n) is 1.74. The molecule has 0 aliphatic rings. The third-order valence-corrected chi connectivity index (χ3v) is 3.55. The Balaban J connectivity index is 1.84. The van der Waals surface area contributed by atoms with Crippen LogP contribution in [-0.2, 0) is 0 Å². The van der Waals surface area contributed by atoms with Gasteiger partial charge in [-0.3, -0.25) is 4.79 Å². The lowest BCUT2D eigenvalue weighted by Gasteiger charge is -2.04. The summed E-state index contributed by atoms with van der Waals surface area (Å²) in [7, 11) is 0. The number of nitrogens with zero attached hydrogens (tertiary/aromatic N) is 2. The molecule has 0 saturated heterocycles. The lowest BCUT2D eigenvalue weighted by Crippen LogP contribution is -2.14. The summed E-state index contributed by atoms with van der Waals surface area (Å²) < 4.78 is 0. The van der Waals surface area contributed by atoms with Gasteiger partial charge in [-0.1, -0.05) is 18.2 Å². The number of carbonyl (C=O) groups excluding carboxylic acids is 1. The van der Waals surface area contributed by atoms with Crippen LogP contribution in [-0.4, -0.2) is 15.9 Å². The molecule has 1 amide bonds. The zero-order valence-corrected chi connectivity index (χ0v) is 11.3. The lowest BCUT2D eigenvalue weighted by molar-refractivity contribution is 0.102. The van der Waals surface area contributed by atoms with Gasteiger partial charge in [0, 0.05) is 6.20 Å². The number of anilines is 1. The maximum absolute atomic E-state index is 12.1. The molecule has 0 fully saturated rings. The molecule has 98 valence electrons. The Morgan fingerprint density at radius 1 is 1.05 bits per heavy atom. The zero-order valence-electron chi connectivity index (χ0n) is 10.5. The van der Waals surface area contributed by atoms with Crippen LogP contribution in [0.15, 0.2) is 60.1 Å². The topological polar surface area (TPSA) is 54.9 Å². The minimum atomic E-state index is -0.262. The van der Waals surface area contributed by atoms with Gasteiger partial charge < -0.3 is 5.32 Å². The standard InChI is InChI=1S/C15H11N3OS/c19-15(18-14-8-1-2-9-16-14)12-6-3-5-11(17-12)13-7-4-10-20-13/h1-10H,(H,16,18,19). The van der Waals surface area contributed by atoms with Crippen molar-refractivity contribution in [3.8, 4) is 10.6 Å². The number of carbonyl (C=O) groups is 1. The second-order valence-electron chi connectivity index (χ2n) is 4.05. The molecule has 0 unspecified atom stereocenters. The Hall–Kier alpha value is -2.53. The number of thiophene rings is 1. The van der Waals surface area contributed by atoms with Crippen LogP contribution in [0.5, 0.6) is 0 Å². The van der Waals surface area contributed by atoms with E-state index in [1.165, 1.54) is 0 Å². The van der Waals surface area contributed by atoms with Gasteiger partial charge in [0.15, 0.2) is 0 Å². The lowest BCUT2D eigenvalue weighted by atomic mass is 10.2. The molecule has 3 rings (SSSR count). The molecule has 5 heteroatoms. The summed E-state index contributed by atoms with van der Waals surface area (Å²) in [5.41, 5.74) is 1.18. The maximum atomic E-state index is 12.1. The second kappa shape index (κ2) is 5.63. The minimum Gasteiger partial charge on any atom is -0.305 e. The van der Waals surface area contributed by atoms with Crippen molar-refractivity contribution in [2.45, 2.75) is 0 Å². The Bertz CT molecular complexity index is 711. The average molecular weight is 281 g/mol. The van der Waals surface area contributed by atoms with Crippen LogP contribution in [0, 0.1) is 0 Å². The van der Waals surface area contributed by atoms with E-state index in [-0.39, 0.29) is 5.91 Å². The van der Waals surface area contributed by atoms with Crippen LogP contribution < -0.4 is 5.32 Å². The smallest absolute Gasteiger partial charge is 0.275 e. The zero-order chi connectivity index (χ0) is 13.8. The highest BCUT2D eigenvalue weighted by molar-refractivity contribution is 7.13. The summed E-state index contributed by atoms with van der Waals surface area (Å²) >= 11 is 1.59. The van der Waals surface area contributed by atoms with Crippen molar-refractivity contribution in [2.24, 2.45) is 0 Å². The van der Waals surface area contributed by atoms with Crippen LogP contribution >= 0.6 is 11.3 Å². The van der Waals surface area contributed by atoms with E-state index in [0.29, 0.717) is 11.5 Å². The Morgan fingerprint density at radius 2 is 2.00 bits per heavy atom. The number of hydrogen-bond donors (Lipinski definition) is 1. The number of hydrogen-bond acceptors (Lipinski definition) is 4. The van der Waals surface area contributed by atoms with Crippen molar-refractivity contribution < 1.29 is 4.79 Å². The van der Waals surface area contributed by atoms with Gasteiger partial charge in [-0.2, -0.15) is 0 Å². The third-order valence-electron chi connectivity index (χ3n) is 2.66. The molecule has 3 aromatic rings. The number of rotatable bonds is 3. The van der Waals surface area contributed by atoms with Crippen LogP contribution in [0.4, 0.5) is 5.82 Å². The summed E-state index contributed by atoms with van der Waals surface area (Å²) in [6, 6.07) is 14.7. The molecule has 0 aromatic carbocycles. The predicted molar refractivity (Wildman–Crippen MR) is 79.7 cm³/mol. The van der Waals surface area contributed by atoms with Crippen molar-refractivity contribution in [3.05, 3.63) is 65.8 Å². The molecule has 0 bridgehead atoms. The van der Waals surface area contributed by atoms with Crippen molar-refractivity contribution in [3.63, 3.8) is 0 Å². The summed E-state index contributed by atoms with van der Waals surface area (Å²) in [4.78, 5) is 21.6. The SMILES string of the molecule is O=C(Nc1ccccn1)c1cccc(-c2cccs2)n1. The summed E-state index contributed by atoms with van der Waals surface area (Å²) in [6.07, 6.45) is 1.63. The van der Waals surface area contributed by atoms with E-state index < -0.39 is 0 Å². The Kier molecular flexibility index (Phi) is 3.52. The summed E-state index contributed by atoms with van der Waals surface area (Å²) in [5, 5.41) is 4.71. The molecule has 4 nitrogen and oxygen atoms in total. The van der Waals surface area contributed by atoms with Crippen LogP contribution in [0.3, 0.4) is 0 Å². The first-order chi connectivity index (χ1) is 9.83. The molecule has 0 radical (unpaired) electrons. The highest BCUT2D eigenvalue weighted by Gasteiger charge is 2.10. The molecule has 0 atom stereocenters. The monoisotopic (exact) mass is 281 g/mol. The first-order valence-electron chi connectivity index (χ1n) is 6.06. The van der Waals surface area contributed by atoms with E-state index in [2.05, 4.69) is 15.3 Å².